The van der Waals surface area contributed by atoms with Gasteiger partial charge in [-0.3, -0.25) is 14.6 Å². The van der Waals surface area contributed by atoms with Crippen molar-refractivity contribution in [1.29, 1.82) is 0 Å². The summed E-state index contributed by atoms with van der Waals surface area (Å²) in [4.78, 5) is 31.7. The van der Waals surface area contributed by atoms with Crippen molar-refractivity contribution in [3.63, 3.8) is 0 Å². The molecule has 1 fully saturated rings. The molecule has 0 spiro atoms. The lowest BCUT2D eigenvalue weighted by Crippen LogP contribution is -2.41. The molecule has 12 heteroatoms. The van der Waals surface area contributed by atoms with Gasteiger partial charge in [0.15, 0.2) is 0 Å². The SMILES string of the molecule is O=C(Nc1cccc(-c2nn[nH]n2)c1)C1CCN(C(=O)c2cc(-c3cccc(C(F)(F)F)c3)ccn2)CC1. The number of aromatic amines is 1. The quantitative estimate of drug-likeness (QED) is 0.401. The van der Waals surface area contributed by atoms with Crippen molar-refractivity contribution in [2.45, 2.75) is 19.0 Å². The van der Waals surface area contributed by atoms with Crippen molar-refractivity contribution in [2.24, 2.45) is 5.92 Å². The van der Waals surface area contributed by atoms with Gasteiger partial charge in [0.1, 0.15) is 5.69 Å². The van der Waals surface area contributed by atoms with Gasteiger partial charge in [0, 0.05) is 36.5 Å². The third kappa shape index (κ3) is 5.53. The Kier molecular flexibility index (Phi) is 6.86. The molecule has 1 saturated heterocycles. The molecule has 2 amide bonds. The van der Waals surface area contributed by atoms with Crippen LogP contribution in [0.1, 0.15) is 28.9 Å². The topological polar surface area (TPSA) is 117 Å². The van der Waals surface area contributed by atoms with Crippen LogP contribution in [0.25, 0.3) is 22.5 Å². The highest BCUT2D eigenvalue weighted by atomic mass is 19.4. The number of halogens is 3. The first-order chi connectivity index (χ1) is 18.3. The molecule has 2 aromatic heterocycles. The fourth-order valence-electron chi connectivity index (χ4n) is 4.37. The highest BCUT2D eigenvalue weighted by Gasteiger charge is 2.31. The maximum atomic E-state index is 13.1. The van der Waals surface area contributed by atoms with Crippen molar-refractivity contribution in [3.8, 4) is 22.5 Å². The second kappa shape index (κ2) is 10.4. The number of amides is 2. The number of hydrogen-bond donors (Lipinski definition) is 2. The zero-order valence-electron chi connectivity index (χ0n) is 19.9. The molecule has 9 nitrogen and oxygen atoms in total. The minimum atomic E-state index is -4.46. The highest BCUT2D eigenvalue weighted by molar-refractivity contribution is 5.95. The molecular weight excluding hydrogens is 499 g/mol. The van der Waals surface area contributed by atoms with Gasteiger partial charge in [0.2, 0.25) is 11.7 Å². The van der Waals surface area contributed by atoms with Gasteiger partial charge in [0.25, 0.3) is 5.91 Å². The molecule has 1 aliphatic rings. The molecule has 0 radical (unpaired) electrons. The third-order valence-corrected chi connectivity index (χ3v) is 6.39. The maximum absolute atomic E-state index is 13.1. The predicted molar refractivity (Wildman–Crippen MR) is 132 cm³/mol. The predicted octanol–water partition coefficient (Wildman–Crippen LogP) is 4.44. The Bertz CT molecular complexity index is 1450. The molecule has 0 bridgehead atoms. The van der Waals surface area contributed by atoms with Crippen LogP contribution < -0.4 is 5.32 Å². The van der Waals surface area contributed by atoms with E-state index in [2.05, 4.69) is 30.9 Å². The zero-order valence-corrected chi connectivity index (χ0v) is 19.9. The van der Waals surface area contributed by atoms with Crippen LogP contribution in [0.2, 0.25) is 0 Å². The van der Waals surface area contributed by atoms with Crippen molar-refractivity contribution in [3.05, 3.63) is 78.1 Å². The van der Waals surface area contributed by atoms with Crippen LogP contribution in [0.5, 0.6) is 0 Å². The average molecular weight is 522 g/mol. The van der Waals surface area contributed by atoms with Crippen molar-refractivity contribution >= 4 is 17.5 Å². The summed E-state index contributed by atoms with van der Waals surface area (Å²) in [5.74, 6) is -0.339. The molecule has 2 N–H and O–H groups in total. The van der Waals surface area contributed by atoms with E-state index in [1.165, 1.54) is 18.3 Å². The van der Waals surface area contributed by atoms with Gasteiger partial charge in [-0.05, 0) is 65.6 Å². The number of carbonyl (C=O) groups excluding carboxylic acids is 2. The van der Waals surface area contributed by atoms with Gasteiger partial charge in [0.05, 0.1) is 5.56 Å². The van der Waals surface area contributed by atoms with Gasteiger partial charge >= 0.3 is 6.18 Å². The first kappa shape index (κ1) is 25.1. The van der Waals surface area contributed by atoms with E-state index in [4.69, 9.17) is 0 Å². The normalized spacial score (nSPS) is 14.3. The van der Waals surface area contributed by atoms with E-state index in [1.54, 1.807) is 41.3 Å². The summed E-state index contributed by atoms with van der Waals surface area (Å²) >= 11 is 0. The van der Waals surface area contributed by atoms with Crippen LogP contribution in [0, 0.1) is 5.92 Å². The Labute approximate surface area is 215 Å². The lowest BCUT2D eigenvalue weighted by Gasteiger charge is -2.31. The standard InChI is InChI=1S/C26H22F3N7O2/c27-26(28,29)20-5-1-3-17(13-20)18-7-10-30-22(15-18)25(38)36-11-8-16(9-12-36)24(37)31-21-6-2-4-19(14-21)23-32-34-35-33-23/h1-7,10,13-16H,8-9,11-12H2,(H,31,37)(H,32,33,34,35). The van der Waals surface area contributed by atoms with E-state index in [1.807, 2.05) is 0 Å². The van der Waals surface area contributed by atoms with Gasteiger partial charge in [-0.1, -0.05) is 24.3 Å². The fraction of sp³-hybridized carbons (Fsp3) is 0.231. The van der Waals surface area contributed by atoms with E-state index in [9.17, 15) is 22.8 Å². The summed E-state index contributed by atoms with van der Waals surface area (Å²) < 4.78 is 39.3. The molecule has 0 unspecified atom stereocenters. The van der Waals surface area contributed by atoms with E-state index >= 15 is 0 Å². The number of alkyl halides is 3. The monoisotopic (exact) mass is 521 g/mol. The van der Waals surface area contributed by atoms with Crippen molar-refractivity contribution < 1.29 is 22.8 Å². The van der Waals surface area contributed by atoms with Gasteiger partial charge in [-0.2, -0.15) is 18.4 Å². The maximum Gasteiger partial charge on any atom is 0.416 e. The van der Waals surface area contributed by atoms with Gasteiger partial charge in [-0.25, -0.2) is 0 Å². The van der Waals surface area contributed by atoms with Gasteiger partial charge < -0.3 is 10.2 Å². The second-order valence-electron chi connectivity index (χ2n) is 8.88. The number of carbonyl (C=O) groups is 2. The van der Waals surface area contributed by atoms with Crippen LogP contribution in [-0.4, -0.2) is 55.4 Å². The van der Waals surface area contributed by atoms with Crippen LogP contribution in [0.4, 0.5) is 18.9 Å². The molecule has 0 aliphatic carbocycles. The number of nitrogens with one attached hydrogen (secondary N) is 2. The summed E-state index contributed by atoms with van der Waals surface area (Å²) in [6.07, 6.45) is -2.12. The fourth-order valence-corrected chi connectivity index (χ4v) is 4.37. The molecule has 4 aromatic rings. The smallest absolute Gasteiger partial charge is 0.337 e. The number of benzene rings is 2. The number of H-pyrrole nitrogens is 1. The molecule has 2 aromatic carbocycles. The Balaban J connectivity index is 1.21. The van der Waals surface area contributed by atoms with Crippen molar-refractivity contribution in [2.75, 3.05) is 18.4 Å². The highest BCUT2D eigenvalue weighted by Crippen LogP contribution is 2.32. The number of nitrogens with zero attached hydrogens (tertiary/aromatic N) is 5. The Morgan fingerprint density at radius 3 is 2.42 bits per heavy atom. The molecular formula is C26H22F3N7O2. The number of aromatic nitrogens is 5. The van der Waals surface area contributed by atoms with E-state index in [-0.39, 0.29) is 23.4 Å². The first-order valence-electron chi connectivity index (χ1n) is 11.9. The summed E-state index contributed by atoms with van der Waals surface area (Å²) in [5.41, 5.74) is 1.49. The van der Waals surface area contributed by atoms with E-state index in [0.717, 1.165) is 12.1 Å². The summed E-state index contributed by atoms with van der Waals surface area (Å²) in [7, 11) is 0. The van der Waals surface area contributed by atoms with E-state index in [0.29, 0.717) is 54.1 Å². The number of tetrazole rings is 1. The zero-order chi connectivity index (χ0) is 26.7. The molecule has 1 aliphatic heterocycles. The largest absolute Gasteiger partial charge is 0.416 e. The molecule has 0 saturated carbocycles. The number of piperidine rings is 1. The number of pyridine rings is 1. The number of likely N-dealkylation sites (tertiary alicyclic amines) is 1. The summed E-state index contributed by atoms with van der Waals surface area (Å²) in [5, 5.41) is 16.7. The van der Waals surface area contributed by atoms with Gasteiger partial charge in [-0.15, -0.1) is 10.2 Å². The Hall–Kier alpha value is -4.61. The minimum Gasteiger partial charge on any atom is -0.337 e. The average Bonchev–Trinajstić information content (AvgIpc) is 3.48. The lowest BCUT2D eigenvalue weighted by atomic mass is 9.95. The van der Waals surface area contributed by atoms with Crippen molar-refractivity contribution in [1.82, 2.24) is 30.5 Å². The number of hydrogen-bond acceptors (Lipinski definition) is 6. The molecule has 3 heterocycles. The molecule has 194 valence electrons. The van der Waals surface area contributed by atoms with Crippen LogP contribution in [0.3, 0.4) is 0 Å². The van der Waals surface area contributed by atoms with Crippen LogP contribution in [-0.2, 0) is 11.0 Å². The first-order valence-corrected chi connectivity index (χ1v) is 11.9. The van der Waals surface area contributed by atoms with Crippen LogP contribution >= 0.6 is 0 Å². The Morgan fingerprint density at radius 1 is 0.947 bits per heavy atom. The second-order valence-corrected chi connectivity index (χ2v) is 8.88. The Morgan fingerprint density at radius 2 is 1.68 bits per heavy atom. The number of anilines is 1. The summed E-state index contributed by atoms with van der Waals surface area (Å²) in [6, 6.07) is 15.1. The minimum absolute atomic E-state index is 0.140. The van der Waals surface area contributed by atoms with Crippen LogP contribution in [0.15, 0.2) is 66.9 Å². The van der Waals surface area contributed by atoms with E-state index < -0.39 is 11.7 Å². The lowest BCUT2D eigenvalue weighted by molar-refractivity contribution is -0.137. The number of rotatable bonds is 5. The molecule has 0 atom stereocenters. The third-order valence-electron chi connectivity index (χ3n) is 6.39. The summed E-state index contributed by atoms with van der Waals surface area (Å²) in [6.45, 7) is 0.713. The molecule has 38 heavy (non-hydrogen) atoms. The molecule has 5 rings (SSSR count).